The summed E-state index contributed by atoms with van der Waals surface area (Å²) in [5.74, 6) is -3.69. The van der Waals surface area contributed by atoms with Crippen LogP contribution in [0.2, 0.25) is 5.02 Å². The standard InChI is InChI=1S/C15H20ClN3O.2C4H4O4/c1-2-20-15-6-12(8-18)14(16)5-13(15)10-19-4-3-11(7-17)9-19;2*5-3(6)1-2-4(7)8/h5-6,11H,2-4,7,9-10,17H2,1H3;2*1-2H,(H,5,6)(H,7,8)/b;2*2-1+/t11-;;/m1../s1. The smallest absolute Gasteiger partial charge is 0.328 e. The molecular formula is C23H28ClN3O9. The van der Waals surface area contributed by atoms with Crippen LogP contribution >= 0.6 is 11.6 Å². The summed E-state index contributed by atoms with van der Waals surface area (Å²) in [7, 11) is 0. The summed E-state index contributed by atoms with van der Waals surface area (Å²) < 4.78 is 5.64. The number of nitrogens with two attached hydrogens (primary N) is 1. The number of rotatable bonds is 9. The van der Waals surface area contributed by atoms with E-state index in [0.717, 1.165) is 43.9 Å². The lowest BCUT2D eigenvalue weighted by Crippen LogP contribution is -2.23. The SMILES string of the molecule is CCOc1cc(C#N)c(Cl)cc1CN1CC[C@H](CN)C1.O=C(O)/C=C/C(=O)O.O=C(O)/C=C/C(=O)O. The van der Waals surface area contributed by atoms with Gasteiger partial charge < -0.3 is 30.9 Å². The number of hydrogen-bond donors (Lipinski definition) is 5. The monoisotopic (exact) mass is 525 g/mol. The van der Waals surface area contributed by atoms with Gasteiger partial charge in [-0.15, -0.1) is 0 Å². The Labute approximate surface area is 212 Å². The molecule has 1 heterocycles. The zero-order valence-electron chi connectivity index (χ0n) is 19.5. The Bertz CT molecular complexity index is 953. The highest BCUT2D eigenvalue weighted by atomic mass is 35.5. The summed E-state index contributed by atoms with van der Waals surface area (Å²) in [6, 6.07) is 5.67. The van der Waals surface area contributed by atoms with Crippen molar-refractivity contribution >= 4 is 35.5 Å². The van der Waals surface area contributed by atoms with Crippen molar-refractivity contribution in [2.75, 3.05) is 26.2 Å². The lowest BCUT2D eigenvalue weighted by molar-refractivity contribution is -0.134. The van der Waals surface area contributed by atoms with Crippen molar-refractivity contribution in [3.05, 3.63) is 52.6 Å². The average molecular weight is 526 g/mol. The van der Waals surface area contributed by atoms with Crippen LogP contribution in [-0.2, 0) is 25.7 Å². The molecule has 1 aromatic carbocycles. The van der Waals surface area contributed by atoms with Crippen LogP contribution in [0.4, 0.5) is 0 Å². The van der Waals surface area contributed by atoms with Crippen molar-refractivity contribution in [3.8, 4) is 11.8 Å². The fourth-order valence-electron chi connectivity index (χ4n) is 2.87. The van der Waals surface area contributed by atoms with E-state index in [4.69, 9.17) is 47.8 Å². The van der Waals surface area contributed by atoms with E-state index in [1.54, 1.807) is 6.07 Å². The van der Waals surface area contributed by atoms with E-state index in [1.165, 1.54) is 0 Å². The average Bonchev–Trinajstić information content (AvgIpc) is 3.26. The lowest BCUT2D eigenvalue weighted by Gasteiger charge is -2.19. The van der Waals surface area contributed by atoms with Gasteiger partial charge in [-0.05, 0) is 44.5 Å². The third-order valence-corrected chi connectivity index (χ3v) is 4.72. The van der Waals surface area contributed by atoms with Crippen molar-refractivity contribution in [1.29, 1.82) is 5.26 Å². The minimum Gasteiger partial charge on any atom is -0.493 e. The first kappa shape index (κ1) is 32.1. The molecule has 0 radical (unpaired) electrons. The Morgan fingerprint density at radius 2 is 1.58 bits per heavy atom. The molecule has 1 aromatic rings. The highest BCUT2D eigenvalue weighted by Gasteiger charge is 2.22. The molecule has 0 amide bonds. The fourth-order valence-corrected chi connectivity index (χ4v) is 3.10. The number of hydrogen-bond acceptors (Lipinski definition) is 8. The summed E-state index contributed by atoms with van der Waals surface area (Å²) >= 11 is 6.13. The molecule has 6 N–H and O–H groups in total. The molecule has 1 aliphatic heterocycles. The number of halogens is 1. The second-order valence-corrected chi connectivity index (χ2v) is 7.54. The van der Waals surface area contributed by atoms with Gasteiger partial charge in [-0.2, -0.15) is 5.26 Å². The number of aliphatic carboxylic acids is 4. The minimum absolute atomic E-state index is 0.458. The first-order valence-electron chi connectivity index (χ1n) is 10.5. The molecule has 13 heteroatoms. The van der Waals surface area contributed by atoms with Gasteiger partial charge in [0.25, 0.3) is 0 Å². The number of nitriles is 1. The minimum atomic E-state index is -1.26. The molecule has 0 bridgehead atoms. The summed E-state index contributed by atoms with van der Waals surface area (Å²) in [4.78, 5) is 40.6. The fraction of sp³-hybridized carbons (Fsp3) is 0.348. The molecule has 0 spiro atoms. The number of ether oxygens (including phenoxy) is 1. The predicted molar refractivity (Wildman–Crippen MR) is 129 cm³/mol. The Balaban J connectivity index is 0.000000634. The van der Waals surface area contributed by atoms with E-state index < -0.39 is 23.9 Å². The molecule has 196 valence electrons. The molecule has 12 nitrogen and oxygen atoms in total. The molecule has 0 aromatic heterocycles. The van der Waals surface area contributed by atoms with Crippen LogP contribution in [0.5, 0.6) is 5.75 Å². The number of carboxylic acids is 4. The van der Waals surface area contributed by atoms with Crippen molar-refractivity contribution < 1.29 is 44.3 Å². The van der Waals surface area contributed by atoms with Crippen molar-refractivity contribution in [3.63, 3.8) is 0 Å². The van der Waals surface area contributed by atoms with Crippen LogP contribution in [-0.4, -0.2) is 75.4 Å². The molecule has 1 aliphatic rings. The van der Waals surface area contributed by atoms with E-state index in [1.807, 2.05) is 13.0 Å². The van der Waals surface area contributed by atoms with Gasteiger partial charge >= 0.3 is 23.9 Å². The Hall–Kier alpha value is -3.92. The van der Waals surface area contributed by atoms with Gasteiger partial charge in [0.1, 0.15) is 11.8 Å². The largest absolute Gasteiger partial charge is 0.493 e. The molecule has 1 fully saturated rings. The third-order valence-electron chi connectivity index (χ3n) is 4.40. The number of carbonyl (C=O) groups is 4. The Morgan fingerprint density at radius 3 is 1.94 bits per heavy atom. The molecule has 0 aliphatic carbocycles. The number of carboxylic acid groups (broad SMARTS) is 4. The van der Waals surface area contributed by atoms with Crippen LogP contribution in [0, 0.1) is 17.2 Å². The Kier molecular flexibility index (Phi) is 15.6. The molecule has 2 rings (SSSR count). The van der Waals surface area contributed by atoms with Crippen LogP contribution in [0.15, 0.2) is 36.4 Å². The third kappa shape index (κ3) is 14.4. The quantitative estimate of drug-likeness (QED) is 0.292. The normalized spacial score (nSPS) is 14.8. The molecule has 36 heavy (non-hydrogen) atoms. The number of benzene rings is 1. The lowest BCUT2D eigenvalue weighted by atomic mass is 10.1. The van der Waals surface area contributed by atoms with Gasteiger partial charge in [-0.25, -0.2) is 19.2 Å². The van der Waals surface area contributed by atoms with Crippen molar-refractivity contribution in [2.45, 2.75) is 19.9 Å². The number of nitrogens with zero attached hydrogens (tertiary/aromatic N) is 2. The zero-order valence-corrected chi connectivity index (χ0v) is 20.2. The first-order chi connectivity index (χ1) is 16.9. The summed E-state index contributed by atoms with van der Waals surface area (Å²) in [6.45, 7) is 6.10. The van der Waals surface area contributed by atoms with Crippen LogP contribution < -0.4 is 10.5 Å². The maximum atomic E-state index is 9.55. The van der Waals surface area contributed by atoms with Crippen LogP contribution in [0.25, 0.3) is 0 Å². The summed E-state index contributed by atoms with van der Waals surface area (Å²) in [5, 5.41) is 40.8. The highest BCUT2D eigenvalue weighted by Crippen LogP contribution is 2.29. The summed E-state index contributed by atoms with van der Waals surface area (Å²) in [6.07, 6.45) is 3.37. The maximum Gasteiger partial charge on any atom is 0.328 e. The van der Waals surface area contributed by atoms with E-state index in [2.05, 4.69) is 11.0 Å². The summed E-state index contributed by atoms with van der Waals surface area (Å²) in [5.41, 5.74) is 7.21. The molecule has 1 atom stereocenters. The van der Waals surface area contributed by atoms with E-state index in [-0.39, 0.29) is 0 Å². The van der Waals surface area contributed by atoms with Gasteiger partial charge in [0.05, 0.1) is 17.2 Å². The molecule has 0 unspecified atom stereocenters. The topological polar surface area (TPSA) is 211 Å². The van der Waals surface area contributed by atoms with E-state index in [9.17, 15) is 19.2 Å². The second-order valence-electron chi connectivity index (χ2n) is 7.13. The van der Waals surface area contributed by atoms with Gasteiger partial charge in [0.15, 0.2) is 0 Å². The van der Waals surface area contributed by atoms with Crippen LogP contribution in [0.3, 0.4) is 0 Å². The maximum absolute atomic E-state index is 9.55. The predicted octanol–water partition coefficient (Wildman–Crippen LogP) is 1.81. The molecule has 1 saturated heterocycles. The van der Waals surface area contributed by atoms with Gasteiger partial charge in [-0.1, -0.05) is 11.6 Å². The number of likely N-dealkylation sites (tertiary alicyclic amines) is 1. The zero-order chi connectivity index (χ0) is 27.7. The van der Waals surface area contributed by atoms with Gasteiger partial charge in [-0.3, -0.25) is 4.90 Å². The van der Waals surface area contributed by atoms with E-state index in [0.29, 0.717) is 47.4 Å². The molecular weight excluding hydrogens is 498 g/mol. The first-order valence-corrected chi connectivity index (χ1v) is 10.9. The van der Waals surface area contributed by atoms with Gasteiger partial charge in [0, 0.05) is 43.0 Å². The van der Waals surface area contributed by atoms with Crippen molar-refractivity contribution in [1.82, 2.24) is 4.90 Å². The molecule has 0 saturated carbocycles. The van der Waals surface area contributed by atoms with Gasteiger partial charge in [0.2, 0.25) is 0 Å². The van der Waals surface area contributed by atoms with E-state index >= 15 is 0 Å². The van der Waals surface area contributed by atoms with Crippen LogP contribution in [0.1, 0.15) is 24.5 Å². The van der Waals surface area contributed by atoms with Crippen molar-refractivity contribution in [2.24, 2.45) is 11.7 Å². The second kappa shape index (κ2) is 17.5. The highest BCUT2D eigenvalue weighted by molar-refractivity contribution is 6.31. The Morgan fingerprint density at radius 1 is 1.08 bits per heavy atom.